The molecule has 0 unspecified atom stereocenters. The minimum Gasteiger partial charge on any atom is -0.303 e. The molecule has 0 fully saturated rings. The van der Waals surface area contributed by atoms with Crippen LogP contribution in [0, 0.1) is 0 Å². The van der Waals surface area contributed by atoms with Crippen LogP contribution in [0.3, 0.4) is 0 Å². The first-order valence-corrected chi connectivity index (χ1v) is 4.97. The van der Waals surface area contributed by atoms with Gasteiger partial charge in [0.05, 0.1) is 0 Å². The van der Waals surface area contributed by atoms with Crippen molar-refractivity contribution in [2.75, 3.05) is 0 Å². The van der Waals surface area contributed by atoms with Gasteiger partial charge < -0.3 is 4.79 Å². The molecule has 1 aromatic rings. The van der Waals surface area contributed by atoms with Crippen LogP contribution < -0.4 is 0 Å². The Morgan fingerprint density at radius 1 is 1.29 bits per heavy atom. The molecule has 0 aliphatic heterocycles. The molecule has 0 N–H and O–H groups in total. The maximum absolute atomic E-state index is 10.3. The van der Waals surface area contributed by atoms with E-state index < -0.39 is 0 Å². The first-order valence-electron chi connectivity index (χ1n) is 4.21. The predicted molar refractivity (Wildman–Crippen MR) is 55.9 cm³/mol. The number of halogens is 2. The van der Waals surface area contributed by atoms with Crippen LogP contribution in [0.1, 0.15) is 31.2 Å². The number of carbonyl (C=O) groups is 1. The minimum atomic E-state index is 0.149. The molecule has 3 nitrogen and oxygen atoms in total. The summed E-state index contributed by atoms with van der Waals surface area (Å²) in [5.74, 6) is 0.755. The minimum absolute atomic E-state index is 0.149. The van der Waals surface area contributed by atoms with Crippen molar-refractivity contribution in [3.8, 4) is 0 Å². The van der Waals surface area contributed by atoms with Gasteiger partial charge in [0.15, 0.2) is 0 Å². The third kappa shape index (κ3) is 2.42. The van der Waals surface area contributed by atoms with Crippen LogP contribution in [-0.4, -0.2) is 16.3 Å². The fourth-order valence-electron chi connectivity index (χ4n) is 0.956. The zero-order valence-corrected chi connectivity index (χ0v) is 9.43. The van der Waals surface area contributed by atoms with E-state index in [4.69, 9.17) is 23.2 Å². The highest BCUT2D eigenvalue weighted by Gasteiger charge is 2.12. The molecular formula is C9H10Cl2N2O. The highest BCUT2D eigenvalue weighted by molar-refractivity contribution is 6.34. The average molecular weight is 233 g/mol. The number of hydrogen-bond acceptors (Lipinski definition) is 3. The Hall–Kier alpha value is -0.670. The second-order valence-electron chi connectivity index (χ2n) is 3.17. The highest BCUT2D eigenvalue weighted by atomic mass is 35.5. The molecule has 14 heavy (non-hydrogen) atoms. The lowest BCUT2D eigenvalue weighted by atomic mass is 10.2. The second-order valence-corrected chi connectivity index (χ2v) is 3.88. The van der Waals surface area contributed by atoms with Gasteiger partial charge in [0, 0.05) is 17.9 Å². The van der Waals surface area contributed by atoms with Gasteiger partial charge in [-0.1, -0.05) is 37.0 Å². The molecule has 1 heterocycles. The van der Waals surface area contributed by atoms with Gasteiger partial charge >= 0.3 is 0 Å². The fraction of sp³-hybridized carbons (Fsp3) is 0.444. The zero-order chi connectivity index (χ0) is 10.7. The average Bonchev–Trinajstić information content (AvgIpc) is 2.10. The summed E-state index contributed by atoms with van der Waals surface area (Å²) in [7, 11) is 0. The number of nitrogens with zero attached hydrogens (tertiary/aromatic N) is 2. The van der Waals surface area contributed by atoms with E-state index in [-0.39, 0.29) is 22.6 Å². The molecule has 0 bridgehead atoms. The molecule has 76 valence electrons. The molecular weight excluding hydrogens is 223 g/mol. The van der Waals surface area contributed by atoms with Crippen molar-refractivity contribution in [2.45, 2.75) is 26.2 Å². The molecule has 0 saturated heterocycles. The van der Waals surface area contributed by atoms with E-state index >= 15 is 0 Å². The third-order valence-electron chi connectivity index (χ3n) is 1.73. The van der Waals surface area contributed by atoms with Gasteiger partial charge in [0.1, 0.15) is 22.4 Å². The molecule has 0 aromatic carbocycles. The van der Waals surface area contributed by atoms with E-state index in [0.29, 0.717) is 11.4 Å². The Labute approximate surface area is 92.5 Å². The van der Waals surface area contributed by atoms with Crippen LogP contribution in [0.2, 0.25) is 10.3 Å². The molecule has 5 heteroatoms. The fourth-order valence-corrected chi connectivity index (χ4v) is 1.51. The Balaban J connectivity index is 3.17. The standard InChI is InChI=1S/C9H10Cl2N2O/c1-5(2)9-12-7(10)6(3-4-14)8(11)13-9/h4-5H,3H2,1-2H3. The van der Waals surface area contributed by atoms with E-state index in [1.165, 1.54) is 0 Å². The molecule has 1 aromatic heterocycles. The summed E-state index contributed by atoms with van der Waals surface area (Å²) in [4.78, 5) is 18.5. The number of rotatable bonds is 3. The Kier molecular flexibility index (Phi) is 3.84. The number of aromatic nitrogens is 2. The van der Waals surface area contributed by atoms with Gasteiger partial charge in [-0.15, -0.1) is 0 Å². The summed E-state index contributed by atoms with van der Waals surface area (Å²) in [6, 6.07) is 0. The number of hydrogen-bond donors (Lipinski definition) is 0. The van der Waals surface area contributed by atoms with Crippen molar-refractivity contribution in [1.82, 2.24) is 9.97 Å². The SMILES string of the molecule is CC(C)c1nc(Cl)c(CC=O)c(Cl)n1. The van der Waals surface area contributed by atoms with Crippen molar-refractivity contribution < 1.29 is 4.79 Å². The van der Waals surface area contributed by atoms with Gasteiger partial charge in [-0.2, -0.15) is 0 Å². The van der Waals surface area contributed by atoms with Gasteiger partial charge in [-0.05, 0) is 0 Å². The lowest BCUT2D eigenvalue weighted by molar-refractivity contribution is -0.107. The van der Waals surface area contributed by atoms with Crippen LogP contribution >= 0.6 is 23.2 Å². The van der Waals surface area contributed by atoms with Gasteiger partial charge in [0.25, 0.3) is 0 Å². The molecule has 0 aliphatic carbocycles. The zero-order valence-electron chi connectivity index (χ0n) is 7.92. The molecule has 0 spiro atoms. The van der Waals surface area contributed by atoms with Gasteiger partial charge in [0.2, 0.25) is 0 Å². The Morgan fingerprint density at radius 3 is 2.14 bits per heavy atom. The normalized spacial score (nSPS) is 10.6. The van der Waals surface area contributed by atoms with Crippen LogP contribution in [0.5, 0.6) is 0 Å². The molecule has 0 amide bonds. The van der Waals surface area contributed by atoms with E-state index in [1.807, 2.05) is 13.8 Å². The van der Waals surface area contributed by atoms with Crippen LogP contribution in [0.4, 0.5) is 0 Å². The van der Waals surface area contributed by atoms with E-state index in [1.54, 1.807) is 0 Å². The van der Waals surface area contributed by atoms with E-state index in [0.717, 1.165) is 6.29 Å². The molecule has 0 saturated carbocycles. The number of aldehydes is 1. The highest BCUT2D eigenvalue weighted by Crippen LogP contribution is 2.23. The third-order valence-corrected chi connectivity index (χ3v) is 2.35. The van der Waals surface area contributed by atoms with Crippen molar-refractivity contribution >= 4 is 29.5 Å². The quantitative estimate of drug-likeness (QED) is 0.595. The van der Waals surface area contributed by atoms with Crippen molar-refractivity contribution in [3.63, 3.8) is 0 Å². The Morgan fingerprint density at radius 2 is 1.79 bits per heavy atom. The molecule has 0 aliphatic rings. The summed E-state index contributed by atoms with van der Waals surface area (Å²) in [6.07, 6.45) is 0.877. The smallest absolute Gasteiger partial charge is 0.137 e. The van der Waals surface area contributed by atoms with Crippen molar-refractivity contribution in [1.29, 1.82) is 0 Å². The van der Waals surface area contributed by atoms with Crippen LogP contribution in [0.25, 0.3) is 0 Å². The maximum Gasteiger partial charge on any atom is 0.137 e. The molecule has 0 radical (unpaired) electrons. The summed E-state index contributed by atoms with van der Waals surface area (Å²) in [5.41, 5.74) is 0.493. The second kappa shape index (κ2) is 4.71. The molecule has 1 rings (SSSR count). The first-order chi connectivity index (χ1) is 6.56. The summed E-state index contributed by atoms with van der Waals surface area (Å²) in [6.45, 7) is 3.89. The summed E-state index contributed by atoms with van der Waals surface area (Å²) in [5, 5.41) is 0.529. The van der Waals surface area contributed by atoms with E-state index in [9.17, 15) is 4.79 Å². The maximum atomic E-state index is 10.3. The molecule has 0 atom stereocenters. The van der Waals surface area contributed by atoms with Crippen LogP contribution in [0.15, 0.2) is 0 Å². The lowest BCUT2D eigenvalue weighted by Crippen LogP contribution is -2.02. The topological polar surface area (TPSA) is 42.9 Å². The van der Waals surface area contributed by atoms with Gasteiger partial charge in [-0.25, -0.2) is 9.97 Å². The first kappa shape index (κ1) is 11.4. The van der Waals surface area contributed by atoms with Crippen molar-refractivity contribution in [3.05, 3.63) is 21.7 Å². The van der Waals surface area contributed by atoms with E-state index in [2.05, 4.69) is 9.97 Å². The summed E-state index contributed by atoms with van der Waals surface area (Å²) >= 11 is 11.7. The largest absolute Gasteiger partial charge is 0.303 e. The lowest BCUT2D eigenvalue weighted by Gasteiger charge is -2.07. The monoisotopic (exact) mass is 232 g/mol. The van der Waals surface area contributed by atoms with Crippen LogP contribution in [-0.2, 0) is 11.2 Å². The van der Waals surface area contributed by atoms with Gasteiger partial charge in [-0.3, -0.25) is 0 Å². The Bertz CT molecular complexity index is 330. The number of carbonyl (C=O) groups excluding carboxylic acids is 1. The van der Waals surface area contributed by atoms with Crippen molar-refractivity contribution in [2.24, 2.45) is 0 Å². The predicted octanol–water partition coefficient (Wildman–Crippen LogP) is 2.65. The summed E-state index contributed by atoms with van der Waals surface area (Å²) < 4.78 is 0.